The van der Waals surface area contributed by atoms with Crippen molar-refractivity contribution in [3.63, 3.8) is 0 Å². The van der Waals surface area contributed by atoms with Crippen LogP contribution >= 0.6 is 0 Å². The van der Waals surface area contributed by atoms with Gasteiger partial charge in [-0.3, -0.25) is 4.79 Å². The Morgan fingerprint density at radius 2 is 2.00 bits per heavy atom. The number of alkyl halides is 2. The normalized spacial score (nSPS) is 31.1. The summed E-state index contributed by atoms with van der Waals surface area (Å²) in [5.74, 6) is -2.72. The second kappa shape index (κ2) is 5.84. The van der Waals surface area contributed by atoms with E-state index in [1.54, 1.807) is 0 Å². The minimum atomic E-state index is -2.58. The first-order chi connectivity index (χ1) is 10.1. The molecule has 0 bridgehead atoms. The zero-order valence-corrected chi connectivity index (χ0v) is 11.9. The van der Waals surface area contributed by atoms with Crippen LogP contribution in [-0.2, 0) is 16.1 Å². The number of hydrogen-bond donors (Lipinski definition) is 0. The van der Waals surface area contributed by atoms with Gasteiger partial charge in [-0.25, -0.2) is 8.78 Å². The van der Waals surface area contributed by atoms with Crippen molar-refractivity contribution in [1.82, 2.24) is 0 Å². The number of halogens is 2. The molecule has 2 nitrogen and oxygen atoms in total. The molecule has 21 heavy (non-hydrogen) atoms. The first-order valence-corrected chi connectivity index (χ1v) is 7.57. The molecule has 0 N–H and O–H groups in total. The number of fused-ring (bicyclic) bond motifs is 1. The van der Waals surface area contributed by atoms with Gasteiger partial charge in [-0.1, -0.05) is 30.3 Å². The Labute approximate surface area is 123 Å². The van der Waals surface area contributed by atoms with Crippen LogP contribution < -0.4 is 0 Å². The Balaban J connectivity index is 1.55. The fourth-order valence-electron chi connectivity index (χ4n) is 3.75. The predicted molar refractivity (Wildman–Crippen MR) is 75.0 cm³/mol. The highest BCUT2D eigenvalue weighted by atomic mass is 19.3. The van der Waals surface area contributed by atoms with Gasteiger partial charge in [0.05, 0.1) is 13.2 Å². The molecule has 0 aliphatic heterocycles. The van der Waals surface area contributed by atoms with Gasteiger partial charge in [-0.2, -0.15) is 0 Å². The molecule has 0 radical (unpaired) electrons. The lowest BCUT2D eigenvalue weighted by molar-refractivity contribution is -0.123. The van der Waals surface area contributed by atoms with E-state index in [1.807, 2.05) is 30.3 Å². The lowest BCUT2D eigenvalue weighted by atomic mass is 9.76. The fraction of sp³-hybridized carbons (Fsp3) is 0.588. The van der Waals surface area contributed by atoms with E-state index in [0.717, 1.165) is 5.56 Å². The zero-order valence-electron chi connectivity index (χ0n) is 11.9. The molecule has 2 aliphatic carbocycles. The molecular weight excluding hydrogens is 274 g/mol. The van der Waals surface area contributed by atoms with E-state index in [2.05, 4.69) is 0 Å². The van der Waals surface area contributed by atoms with Crippen molar-refractivity contribution in [3.8, 4) is 0 Å². The van der Waals surface area contributed by atoms with Gasteiger partial charge in [0.1, 0.15) is 5.78 Å². The van der Waals surface area contributed by atoms with Crippen LogP contribution in [0, 0.1) is 17.8 Å². The minimum Gasteiger partial charge on any atom is -0.376 e. The molecule has 114 valence electrons. The lowest BCUT2D eigenvalue weighted by Crippen LogP contribution is -2.33. The van der Waals surface area contributed by atoms with Gasteiger partial charge in [0.25, 0.3) is 0 Å². The number of ether oxygens (including phenoxy) is 1. The molecule has 0 aromatic heterocycles. The maximum atomic E-state index is 13.4. The summed E-state index contributed by atoms with van der Waals surface area (Å²) < 4.78 is 32.5. The molecule has 3 atom stereocenters. The van der Waals surface area contributed by atoms with Gasteiger partial charge in [0, 0.05) is 25.2 Å². The van der Waals surface area contributed by atoms with Crippen LogP contribution in [-0.4, -0.2) is 18.3 Å². The number of Topliss-reactive ketones (excluding diaryl/α,β-unsaturated/α-hetero) is 1. The van der Waals surface area contributed by atoms with Crippen LogP contribution in [0.4, 0.5) is 8.78 Å². The molecule has 1 aromatic rings. The van der Waals surface area contributed by atoms with Crippen molar-refractivity contribution in [3.05, 3.63) is 35.9 Å². The first kappa shape index (κ1) is 14.6. The van der Waals surface area contributed by atoms with E-state index in [0.29, 0.717) is 26.1 Å². The quantitative estimate of drug-likeness (QED) is 0.843. The van der Waals surface area contributed by atoms with Crippen molar-refractivity contribution in [2.24, 2.45) is 17.8 Å². The number of benzene rings is 1. The van der Waals surface area contributed by atoms with Crippen molar-refractivity contribution >= 4 is 5.78 Å². The summed E-state index contributed by atoms with van der Waals surface area (Å²) in [5, 5.41) is 0. The number of rotatable bonds is 4. The number of ketones is 1. The van der Waals surface area contributed by atoms with Crippen LogP contribution in [0.1, 0.15) is 31.2 Å². The largest absolute Gasteiger partial charge is 0.376 e. The molecule has 4 heteroatoms. The van der Waals surface area contributed by atoms with Gasteiger partial charge in [0.2, 0.25) is 5.92 Å². The Bertz CT molecular complexity index is 501. The third kappa shape index (κ3) is 3.31. The standard InChI is InChI=1S/C17H20F2O2/c18-17(19)7-6-14-13(9-17)8-16(20)15(14)11-21-10-12-4-2-1-3-5-12/h1-5,13-15H,6-11H2/t13-,14+,15-/m0/s1. The molecule has 2 aliphatic rings. The third-order valence-corrected chi connectivity index (χ3v) is 4.81. The maximum Gasteiger partial charge on any atom is 0.248 e. The van der Waals surface area contributed by atoms with Crippen LogP contribution in [0.25, 0.3) is 0 Å². The highest BCUT2D eigenvalue weighted by Gasteiger charge is 2.50. The molecule has 0 spiro atoms. The maximum absolute atomic E-state index is 13.4. The summed E-state index contributed by atoms with van der Waals surface area (Å²) in [4.78, 5) is 12.1. The van der Waals surface area contributed by atoms with E-state index in [4.69, 9.17) is 4.74 Å². The summed E-state index contributed by atoms with van der Waals surface area (Å²) >= 11 is 0. The van der Waals surface area contributed by atoms with Crippen LogP contribution in [0.5, 0.6) is 0 Å². The fourth-order valence-corrected chi connectivity index (χ4v) is 3.75. The van der Waals surface area contributed by atoms with Gasteiger partial charge in [-0.15, -0.1) is 0 Å². The molecule has 3 rings (SSSR count). The molecule has 0 unspecified atom stereocenters. The summed E-state index contributed by atoms with van der Waals surface area (Å²) in [7, 11) is 0. The number of carbonyl (C=O) groups is 1. The van der Waals surface area contributed by atoms with E-state index in [9.17, 15) is 13.6 Å². The Morgan fingerprint density at radius 1 is 1.24 bits per heavy atom. The van der Waals surface area contributed by atoms with Crippen LogP contribution in [0.2, 0.25) is 0 Å². The van der Waals surface area contributed by atoms with Crippen LogP contribution in [0.3, 0.4) is 0 Å². The topological polar surface area (TPSA) is 26.3 Å². The van der Waals surface area contributed by atoms with Gasteiger partial charge in [0.15, 0.2) is 0 Å². The highest BCUT2D eigenvalue weighted by molar-refractivity contribution is 5.84. The van der Waals surface area contributed by atoms with Crippen molar-refractivity contribution < 1.29 is 18.3 Å². The molecular formula is C17H20F2O2. The summed E-state index contributed by atoms with van der Waals surface area (Å²) in [5.41, 5.74) is 1.06. The van der Waals surface area contributed by atoms with E-state index in [1.165, 1.54) is 0 Å². The van der Waals surface area contributed by atoms with Crippen molar-refractivity contribution in [2.45, 2.75) is 38.2 Å². The van der Waals surface area contributed by atoms with Gasteiger partial charge in [-0.05, 0) is 23.8 Å². The SMILES string of the molecule is O=C1C[C@H]2CC(F)(F)CC[C@H]2[C@@H]1COCc1ccccc1. The molecule has 1 aromatic carbocycles. The van der Waals surface area contributed by atoms with Gasteiger partial charge < -0.3 is 4.74 Å². The third-order valence-electron chi connectivity index (χ3n) is 4.81. The highest BCUT2D eigenvalue weighted by Crippen LogP contribution is 2.49. The lowest BCUT2D eigenvalue weighted by Gasteiger charge is -2.33. The molecule has 2 saturated carbocycles. The van der Waals surface area contributed by atoms with Gasteiger partial charge >= 0.3 is 0 Å². The Morgan fingerprint density at radius 3 is 2.76 bits per heavy atom. The predicted octanol–water partition coefficient (Wildman–Crippen LogP) is 3.84. The monoisotopic (exact) mass is 294 g/mol. The van der Waals surface area contributed by atoms with Crippen molar-refractivity contribution in [2.75, 3.05) is 6.61 Å². The van der Waals surface area contributed by atoms with Crippen molar-refractivity contribution in [1.29, 1.82) is 0 Å². The molecule has 0 amide bonds. The Hall–Kier alpha value is -1.29. The second-order valence-electron chi connectivity index (χ2n) is 6.30. The average Bonchev–Trinajstić information content (AvgIpc) is 2.74. The molecule has 0 heterocycles. The van der Waals surface area contributed by atoms with E-state index < -0.39 is 5.92 Å². The summed E-state index contributed by atoms with van der Waals surface area (Å²) in [6.07, 6.45) is 0.539. The molecule has 2 fully saturated rings. The summed E-state index contributed by atoms with van der Waals surface area (Å²) in [6, 6.07) is 9.77. The second-order valence-corrected chi connectivity index (χ2v) is 6.30. The van der Waals surface area contributed by atoms with Crippen LogP contribution in [0.15, 0.2) is 30.3 Å². The van der Waals surface area contributed by atoms with E-state index >= 15 is 0 Å². The zero-order chi connectivity index (χ0) is 14.9. The number of hydrogen-bond acceptors (Lipinski definition) is 2. The molecule has 0 saturated heterocycles. The summed E-state index contributed by atoms with van der Waals surface area (Å²) in [6.45, 7) is 0.832. The Kier molecular flexibility index (Phi) is 4.07. The average molecular weight is 294 g/mol. The first-order valence-electron chi connectivity index (χ1n) is 7.57. The van der Waals surface area contributed by atoms with E-state index in [-0.39, 0.29) is 36.4 Å². The number of carbonyl (C=O) groups excluding carboxylic acids is 1. The minimum absolute atomic E-state index is 0.0867. The smallest absolute Gasteiger partial charge is 0.248 e.